The average molecular weight is 377 g/mol. The predicted octanol–water partition coefficient (Wildman–Crippen LogP) is 1.34. The number of rotatable bonds is 4. The van der Waals surface area contributed by atoms with Gasteiger partial charge in [0.05, 0.1) is 42.3 Å². The number of nitrogens with zero attached hydrogens (tertiary/aromatic N) is 8. The molecule has 0 amide bonds. The van der Waals surface area contributed by atoms with Gasteiger partial charge in [0, 0.05) is 44.2 Å². The molecule has 28 heavy (non-hydrogen) atoms. The summed E-state index contributed by atoms with van der Waals surface area (Å²) in [6.45, 7) is 1.33. The normalized spacial score (nSPS) is 15.5. The van der Waals surface area contributed by atoms with E-state index in [9.17, 15) is 4.39 Å². The van der Waals surface area contributed by atoms with E-state index in [1.165, 1.54) is 10.6 Å². The molecule has 1 saturated heterocycles. The fourth-order valence-corrected chi connectivity index (χ4v) is 3.50. The number of nitriles is 1. The Bertz CT molecular complexity index is 1220. The highest BCUT2D eigenvalue weighted by Crippen LogP contribution is 2.29. The molecule has 10 heteroatoms. The van der Waals surface area contributed by atoms with E-state index < -0.39 is 5.95 Å². The number of imidazole rings is 1. The summed E-state index contributed by atoms with van der Waals surface area (Å²) >= 11 is 0. The second-order valence-corrected chi connectivity index (χ2v) is 6.98. The predicted molar refractivity (Wildman–Crippen MR) is 97.4 cm³/mol. The molecule has 4 aromatic heterocycles. The highest BCUT2D eigenvalue weighted by Gasteiger charge is 2.39. The van der Waals surface area contributed by atoms with Crippen molar-refractivity contribution < 1.29 is 4.39 Å². The molecule has 0 aliphatic carbocycles. The van der Waals surface area contributed by atoms with Gasteiger partial charge in [-0.05, 0) is 0 Å². The molecule has 1 N–H and O–H groups in total. The molecule has 5 heterocycles. The van der Waals surface area contributed by atoms with Crippen LogP contribution in [0.15, 0.2) is 37.1 Å². The second-order valence-electron chi connectivity index (χ2n) is 6.98. The monoisotopic (exact) mass is 377 g/mol. The van der Waals surface area contributed by atoms with E-state index in [0.717, 1.165) is 5.56 Å². The van der Waals surface area contributed by atoms with Crippen LogP contribution in [0.3, 0.4) is 0 Å². The Morgan fingerprint density at radius 1 is 1.21 bits per heavy atom. The van der Waals surface area contributed by atoms with Crippen LogP contribution < -0.4 is 5.32 Å². The molecule has 0 spiro atoms. The van der Waals surface area contributed by atoms with Crippen LogP contribution in [0.4, 0.5) is 4.39 Å². The van der Waals surface area contributed by atoms with E-state index in [0.29, 0.717) is 42.2 Å². The first-order chi connectivity index (χ1) is 13.6. The number of halogens is 1. The quantitative estimate of drug-likeness (QED) is 0.576. The minimum Gasteiger partial charge on any atom is -0.312 e. The van der Waals surface area contributed by atoms with E-state index in [1.54, 1.807) is 27.8 Å². The van der Waals surface area contributed by atoms with Crippen LogP contribution in [0.2, 0.25) is 0 Å². The smallest absolute Gasteiger partial charge is 0.219 e. The number of hydrogen-bond acceptors (Lipinski definition) is 6. The molecule has 0 saturated carbocycles. The lowest BCUT2D eigenvalue weighted by molar-refractivity contribution is 0.160. The number of nitrogens with one attached hydrogen (secondary N) is 1. The Hall–Kier alpha value is -3.58. The summed E-state index contributed by atoms with van der Waals surface area (Å²) in [6.07, 6.45) is 8.52. The zero-order valence-corrected chi connectivity index (χ0v) is 15.0. The Balaban J connectivity index is 1.66. The first-order valence-electron chi connectivity index (χ1n) is 8.76. The molecule has 1 fully saturated rings. The Morgan fingerprint density at radius 2 is 2.04 bits per heavy atom. The van der Waals surface area contributed by atoms with Crippen molar-refractivity contribution in [3.63, 3.8) is 0 Å². The summed E-state index contributed by atoms with van der Waals surface area (Å²) in [7, 11) is 1.82. The van der Waals surface area contributed by atoms with Crippen LogP contribution in [-0.2, 0) is 12.6 Å². The Kier molecular flexibility index (Phi) is 3.53. The van der Waals surface area contributed by atoms with E-state index in [-0.39, 0.29) is 5.54 Å². The third-order valence-electron chi connectivity index (χ3n) is 5.09. The number of aromatic nitrogens is 7. The van der Waals surface area contributed by atoms with Gasteiger partial charge in [0.1, 0.15) is 11.2 Å². The zero-order chi connectivity index (χ0) is 19.3. The van der Waals surface area contributed by atoms with Gasteiger partial charge in [-0.15, -0.1) is 0 Å². The van der Waals surface area contributed by atoms with Crippen molar-refractivity contribution in [2.24, 2.45) is 7.05 Å². The van der Waals surface area contributed by atoms with Crippen molar-refractivity contribution in [1.29, 1.82) is 5.26 Å². The third-order valence-corrected chi connectivity index (χ3v) is 5.09. The minimum atomic E-state index is -0.500. The fourth-order valence-electron chi connectivity index (χ4n) is 3.50. The SMILES string of the molecule is Cn1cc(-c2cc3ncc(F)n3c(-c3cnn(C4(CC#N)CNC4)c3)n2)cn1. The lowest BCUT2D eigenvalue weighted by Gasteiger charge is -2.41. The molecular weight excluding hydrogens is 361 g/mol. The maximum Gasteiger partial charge on any atom is 0.219 e. The molecule has 0 unspecified atom stereocenters. The standard InChI is InChI=1S/C18H16FN9/c1-26-8-12(5-23-26)14-4-16-22-7-15(19)28(16)17(25-14)13-6-24-27(9-13)18(2-3-20)10-21-11-18/h4-9,21H,2,10-11H2,1H3. The van der Waals surface area contributed by atoms with Gasteiger partial charge in [-0.1, -0.05) is 0 Å². The zero-order valence-electron chi connectivity index (χ0n) is 15.0. The van der Waals surface area contributed by atoms with Crippen LogP contribution in [0.25, 0.3) is 28.3 Å². The summed E-state index contributed by atoms with van der Waals surface area (Å²) in [5.41, 5.74) is 2.18. The molecule has 1 aliphatic heterocycles. The molecule has 4 aromatic rings. The van der Waals surface area contributed by atoms with Gasteiger partial charge >= 0.3 is 0 Å². The van der Waals surface area contributed by atoms with E-state index in [1.807, 2.05) is 19.4 Å². The fraction of sp³-hybridized carbons (Fsp3) is 0.278. The van der Waals surface area contributed by atoms with Crippen molar-refractivity contribution in [3.05, 3.63) is 43.0 Å². The van der Waals surface area contributed by atoms with E-state index >= 15 is 0 Å². The molecule has 0 atom stereocenters. The second kappa shape index (κ2) is 5.97. The summed E-state index contributed by atoms with van der Waals surface area (Å²) in [5.74, 6) is -0.1000. The Morgan fingerprint density at radius 3 is 2.71 bits per heavy atom. The van der Waals surface area contributed by atoms with Gasteiger partial charge in [0.15, 0.2) is 5.82 Å². The average Bonchev–Trinajstić information content (AvgIpc) is 3.38. The van der Waals surface area contributed by atoms with Gasteiger partial charge in [-0.3, -0.25) is 13.8 Å². The highest BCUT2D eigenvalue weighted by atomic mass is 19.1. The van der Waals surface area contributed by atoms with Crippen LogP contribution in [-0.4, -0.2) is 47.0 Å². The molecule has 9 nitrogen and oxygen atoms in total. The molecule has 0 radical (unpaired) electrons. The summed E-state index contributed by atoms with van der Waals surface area (Å²) in [5, 5.41) is 21.0. The van der Waals surface area contributed by atoms with Crippen LogP contribution in [0, 0.1) is 17.3 Å². The number of aryl methyl sites for hydroxylation is 1. The van der Waals surface area contributed by atoms with Gasteiger partial charge in [0.25, 0.3) is 0 Å². The van der Waals surface area contributed by atoms with E-state index in [4.69, 9.17) is 5.26 Å². The number of fused-ring (bicyclic) bond motifs is 1. The number of hydrogen-bond donors (Lipinski definition) is 1. The first kappa shape index (κ1) is 16.6. The molecule has 5 rings (SSSR count). The van der Waals surface area contributed by atoms with Crippen molar-refractivity contribution in [3.8, 4) is 28.7 Å². The Labute approximate surface area is 159 Å². The van der Waals surface area contributed by atoms with Crippen LogP contribution in [0.1, 0.15) is 6.42 Å². The van der Waals surface area contributed by atoms with Crippen molar-refractivity contribution in [2.75, 3.05) is 13.1 Å². The van der Waals surface area contributed by atoms with Crippen LogP contribution >= 0.6 is 0 Å². The lowest BCUT2D eigenvalue weighted by atomic mass is 9.89. The van der Waals surface area contributed by atoms with Crippen molar-refractivity contribution in [2.45, 2.75) is 12.0 Å². The lowest BCUT2D eigenvalue weighted by Crippen LogP contribution is -2.60. The van der Waals surface area contributed by atoms with Gasteiger partial charge in [-0.2, -0.15) is 19.8 Å². The topological polar surface area (TPSA) is 102 Å². The van der Waals surface area contributed by atoms with Crippen molar-refractivity contribution in [1.82, 2.24) is 39.2 Å². The highest BCUT2D eigenvalue weighted by molar-refractivity contribution is 5.68. The summed E-state index contributed by atoms with van der Waals surface area (Å²) < 4.78 is 19.3. The third kappa shape index (κ3) is 2.40. The van der Waals surface area contributed by atoms with Crippen molar-refractivity contribution >= 4 is 5.65 Å². The molecule has 1 aliphatic rings. The van der Waals surface area contributed by atoms with E-state index in [2.05, 4.69) is 31.6 Å². The molecule has 0 aromatic carbocycles. The maximum atomic E-state index is 14.4. The first-order valence-corrected chi connectivity index (χ1v) is 8.76. The molecular formula is C18H16FN9. The minimum absolute atomic E-state index is 0.346. The van der Waals surface area contributed by atoms with Gasteiger partial charge < -0.3 is 5.32 Å². The molecule has 0 bridgehead atoms. The van der Waals surface area contributed by atoms with Crippen LogP contribution in [0.5, 0.6) is 0 Å². The maximum absolute atomic E-state index is 14.4. The summed E-state index contributed by atoms with van der Waals surface area (Å²) in [6, 6.07) is 3.95. The summed E-state index contributed by atoms with van der Waals surface area (Å²) in [4.78, 5) is 8.82. The van der Waals surface area contributed by atoms with Gasteiger partial charge in [0.2, 0.25) is 5.95 Å². The largest absolute Gasteiger partial charge is 0.312 e. The molecule has 140 valence electrons. The van der Waals surface area contributed by atoms with Gasteiger partial charge in [-0.25, -0.2) is 9.97 Å².